The summed E-state index contributed by atoms with van der Waals surface area (Å²) in [6.45, 7) is 3.99. The largest absolute Gasteiger partial charge is 0.497 e. The van der Waals surface area contributed by atoms with E-state index < -0.39 is 11.6 Å². The van der Waals surface area contributed by atoms with E-state index in [2.05, 4.69) is 10.2 Å². The van der Waals surface area contributed by atoms with E-state index in [4.69, 9.17) is 4.74 Å². The first-order chi connectivity index (χ1) is 15.5. The van der Waals surface area contributed by atoms with Crippen LogP contribution >= 0.6 is 0 Å². The Morgan fingerprint density at radius 2 is 1.75 bits per heavy atom. The number of piperazine rings is 1. The fraction of sp³-hybridized carbons (Fsp3) is 0.375. The number of imide groups is 1. The molecule has 8 nitrogen and oxygen atoms in total. The second kappa shape index (κ2) is 8.90. The molecule has 2 aliphatic heterocycles. The molecular weight excluding hydrogens is 408 g/mol. The van der Waals surface area contributed by atoms with E-state index >= 15 is 0 Å². The molecule has 0 spiro atoms. The van der Waals surface area contributed by atoms with Crippen molar-refractivity contribution in [1.82, 2.24) is 15.1 Å². The van der Waals surface area contributed by atoms with Crippen LogP contribution in [-0.4, -0.2) is 67.5 Å². The molecule has 32 heavy (non-hydrogen) atoms. The van der Waals surface area contributed by atoms with E-state index in [0.717, 1.165) is 21.9 Å². The molecule has 1 N–H and O–H groups in total. The van der Waals surface area contributed by atoms with Gasteiger partial charge in [-0.2, -0.15) is 0 Å². The molecule has 0 radical (unpaired) electrons. The first kappa shape index (κ1) is 21.7. The van der Waals surface area contributed by atoms with Crippen LogP contribution in [0.1, 0.15) is 18.9 Å². The molecule has 0 aromatic heterocycles. The van der Waals surface area contributed by atoms with Crippen molar-refractivity contribution < 1.29 is 19.1 Å². The number of hydrogen-bond acceptors (Lipinski definition) is 5. The predicted molar refractivity (Wildman–Crippen MR) is 120 cm³/mol. The number of carbonyl (C=O) groups is 3. The van der Waals surface area contributed by atoms with E-state index in [0.29, 0.717) is 32.6 Å². The van der Waals surface area contributed by atoms with Gasteiger partial charge in [0.25, 0.3) is 5.91 Å². The van der Waals surface area contributed by atoms with Crippen LogP contribution in [0.4, 0.5) is 10.5 Å². The van der Waals surface area contributed by atoms with Crippen LogP contribution in [0.2, 0.25) is 0 Å². The number of nitrogens with one attached hydrogen (secondary N) is 1. The maximum absolute atomic E-state index is 13.2. The Morgan fingerprint density at radius 3 is 2.41 bits per heavy atom. The minimum atomic E-state index is -1.12. The van der Waals surface area contributed by atoms with Gasteiger partial charge in [-0.3, -0.25) is 14.5 Å². The monoisotopic (exact) mass is 436 g/mol. The Bertz CT molecular complexity index is 1000. The molecule has 2 heterocycles. The lowest BCUT2D eigenvalue weighted by Gasteiger charge is -2.36. The molecule has 168 valence electrons. The van der Waals surface area contributed by atoms with Crippen LogP contribution in [0, 0.1) is 0 Å². The quantitative estimate of drug-likeness (QED) is 0.702. The summed E-state index contributed by atoms with van der Waals surface area (Å²) < 4.78 is 5.29. The van der Waals surface area contributed by atoms with Crippen molar-refractivity contribution in [2.45, 2.75) is 18.9 Å². The SMILES string of the molecule is CCC1(c2ccccc2)NC(=O)N(CC(=O)N2CCN(c3cccc(OC)c3)CC2)C1=O. The van der Waals surface area contributed by atoms with Crippen LogP contribution < -0.4 is 15.0 Å². The van der Waals surface area contributed by atoms with Crippen molar-refractivity contribution in [2.75, 3.05) is 44.7 Å². The Hall–Kier alpha value is -3.55. The van der Waals surface area contributed by atoms with Gasteiger partial charge in [0.05, 0.1) is 7.11 Å². The Labute approximate surface area is 187 Å². The molecule has 2 aromatic carbocycles. The minimum Gasteiger partial charge on any atom is -0.497 e. The average Bonchev–Trinajstić information content (AvgIpc) is 3.09. The molecular formula is C24H28N4O4. The highest BCUT2D eigenvalue weighted by Gasteiger charge is 2.51. The van der Waals surface area contributed by atoms with Crippen molar-refractivity contribution in [3.8, 4) is 5.75 Å². The van der Waals surface area contributed by atoms with E-state index in [1.165, 1.54) is 0 Å². The van der Waals surface area contributed by atoms with Crippen LogP contribution in [-0.2, 0) is 15.1 Å². The molecule has 4 amide bonds. The molecule has 0 aliphatic carbocycles. The summed E-state index contributed by atoms with van der Waals surface area (Å²) in [6.07, 6.45) is 0.408. The maximum atomic E-state index is 13.2. The number of anilines is 1. The van der Waals surface area contributed by atoms with Gasteiger partial charge < -0.3 is 19.9 Å². The standard InChI is InChI=1S/C24H28N4O4/c1-3-24(18-8-5-4-6-9-18)22(30)28(23(31)25-24)17-21(29)27-14-12-26(13-15-27)19-10-7-11-20(16-19)32-2/h4-11,16H,3,12-15,17H2,1-2H3,(H,25,31). The number of nitrogens with zero attached hydrogens (tertiary/aromatic N) is 3. The first-order valence-electron chi connectivity index (χ1n) is 10.8. The highest BCUT2D eigenvalue weighted by molar-refractivity contribution is 6.09. The van der Waals surface area contributed by atoms with E-state index in [9.17, 15) is 14.4 Å². The van der Waals surface area contributed by atoms with Gasteiger partial charge in [-0.1, -0.05) is 43.3 Å². The first-order valence-corrected chi connectivity index (χ1v) is 10.8. The molecule has 0 saturated carbocycles. The van der Waals surface area contributed by atoms with Crippen molar-refractivity contribution in [2.24, 2.45) is 0 Å². The third-order valence-corrected chi connectivity index (χ3v) is 6.32. The summed E-state index contributed by atoms with van der Waals surface area (Å²) in [4.78, 5) is 43.8. The van der Waals surface area contributed by atoms with Crippen molar-refractivity contribution in [1.29, 1.82) is 0 Å². The second-order valence-electron chi connectivity index (χ2n) is 8.02. The third-order valence-electron chi connectivity index (χ3n) is 6.32. The van der Waals surface area contributed by atoms with Gasteiger partial charge in [0, 0.05) is 37.9 Å². The van der Waals surface area contributed by atoms with Crippen LogP contribution in [0.15, 0.2) is 54.6 Å². The zero-order valence-corrected chi connectivity index (χ0v) is 18.4. The average molecular weight is 437 g/mol. The Kier molecular flexibility index (Phi) is 6.03. The zero-order chi connectivity index (χ0) is 22.7. The van der Waals surface area contributed by atoms with Gasteiger partial charge in [0.15, 0.2) is 0 Å². The van der Waals surface area contributed by atoms with Crippen LogP contribution in [0.5, 0.6) is 5.75 Å². The van der Waals surface area contributed by atoms with Gasteiger partial charge >= 0.3 is 6.03 Å². The number of carbonyl (C=O) groups excluding carboxylic acids is 3. The summed E-state index contributed by atoms with van der Waals surface area (Å²) in [5, 5.41) is 2.83. The number of hydrogen-bond donors (Lipinski definition) is 1. The summed E-state index contributed by atoms with van der Waals surface area (Å²) >= 11 is 0. The summed E-state index contributed by atoms with van der Waals surface area (Å²) in [6, 6.07) is 16.5. The number of benzene rings is 2. The summed E-state index contributed by atoms with van der Waals surface area (Å²) in [5.74, 6) is 0.190. The van der Waals surface area contributed by atoms with E-state index in [1.54, 1.807) is 12.0 Å². The van der Waals surface area contributed by atoms with Gasteiger partial charge in [-0.05, 0) is 24.1 Å². The number of amides is 4. The summed E-state index contributed by atoms with van der Waals surface area (Å²) in [5.41, 5.74) is 0.646. The molecule has 2 fully saturated rings. The van der Waals surface area contributed by atoms with E-state index in [-0.39, 0.29) is 18.4 Å². The topological polar surface area (TPSA) is 82.2 Å². The number of rotatable bonds is 6. The van der Waals surface area contributed by atoms with Gasteiger partial charge in [-0.25, -0.2) is 4.79 Å². The lowest BCUT2D eigenvalue weighted by Crippen LogP contribution is -2.52. The highest BCUT2D eigenvalue weighted by atomic mass is 16.5. The maximum Gasteiger partial charge on any atom is 0.325 e. The normalized spacial score (nSPS) is 21.0. The highest BCUT2D eigenvalue weighted by Crippen LogP contribution is 2.32. The minimum absolute atomic E-state index is 0.223. The number of methoxy groups -OCH3 is 1. The van der Waals surface area contributed by atoms with Crippen molar-refractivity contribution in [3.63, 3.8) is 0 Å². The zero-order valence-electron chi connectivity index (χ0n) is 18.4. The van der Waals surface area contributed by atoms with Crippen LogP contribution in [0.3, 0.4) is 0 Å². The smallest absolute Gasteiger partial charge is 0.325 e. The molecule has 0 bridgehead atoms. The lowest BCUT2D eigenvalue weighted by molar-refractivity contribution is -0.139. The number of ether oxygens (including phenoxy) is 1. The van der Waals surface area contributed by atoms with Gasteiger partial charge in [-0.15, -0.1) is 0 Å². The van der Waals surface area contributed by atoms with Gasteiger partial charge in [0.2, 0.25) is 5.91 Å². The fourth-order valence-electron chi connectivity index (χ4n) is 4.39. The lowest BCUT2D eigenvalue weighted by atomic mass is 9.87. The summed E-state index contributed by atoms with van der Waals surface area (Å²) in [7, 11) is 1.64. The second-order valence-corrected chi connectivity index (χ2v) is 8.02. The number of urea groups is 1. The van der Waals surface area contributed by atoms with Gasteiger partial charge in [0.1, 0.15) is 17.8 Å². The molecule has 2 aliphatic rings. The third kappa shape index (κ3) is 3.88. The predicted octanol–water partition coefficient (Wildman–Crippen LogP) is 2.20. The van der Waals surface area contributed by atoms with E-state index in [1.807, 2.05) is 61.5 Å². The Morgan fingerprint density at radius 1 is 1.03 bits per heavy atom. The van der Waals surface area contributed by atoms with Crippen molar-refractivity contribution in [3.05, 3.63) is 60.2 Å². The van der Waals surface area contributed by atoms with Crippen molar-refractivity contribution >= 4 is 23.5 Å². The van der Waals surface area contributed by atoms with Crippen LogP contribution in [0.25, 0.3) is 0 Å². The molecule has 1 unspecified atom stereocenters. The molecule has 1 atom stereocenters. The molecule has 2 saturated heterocycles. The molecule has 8 heteroatoms. The molecule has 4 rings (SSSR count). The Balaban J connectivity index is 1.40. The fourth-order valence-corrected chi connectivity index (χ4v) is 4.39. The molecule has 2 aromatic rings.